The van der Waals surface area contributed by atoms with E-state index in [-0.39, 0.29) is 29.0 Å². The van der Waals surface area contributed by atoms with Gasteiger partial charge in [-0.1, -0.05) is 26.0 Å². The second kappa shape index (κ2) is 8.42. The fourth-order valence-corrected chi connectivity index (χ4v) is 2.88. The van der Waals surface area contributed by atoms with E-state index < -0.39 is 0 Å². The van der Waals surface area contributed by atoms with Crippen LogP contribution in [0.5, 0.6) is 0 Å². The molecular weight excluding hydrogens is 322 g/mol. The van der Waals surface area contributed by atoms with E-state index in [0.717, 1.165) is 19.4 Å². The Morgan fingerprint density at radius 3 is 2.84 bits per heavy atom. The van der Waals surface area contributed by atoms with Crippen LogP contribution in [-0.4, -0.2) is 65.1 Å². The number of piperidine rings is 1. The highest BCUT2D eigenvalue weighted by atomic mass is 16.5. The van der Waals surface area contributed by atoms with Crippen LogP contribution in [-0.2, 0) is 9.53 Å². The number of rotatable bonds is 6. The molecule has 1 N–H and O–H groups in total. The second-order valence-corrected chi connectivity index (χ2v) is 7.71. The summed E-state index contributed by atoms with van der Waals surface area (Å²) in [4.78, 5) is 26.4. The van der Waals surface area contributed by atoms with Crippen molar-refractivity contribution in [2.45, 2.75) is 46.1 Å². The third kappa shape index (κ3) is 5.81. The Hall–Kier alpha value is -1.96. The van der Waals surface area contributed by atoms with Crippen molar-refractivity contribution >= 4 is 11.8 Å². The summed E-state index contributed by atoms with van der Waals surface area (Å²) in [5, 5.41) is 10.8. The van der Waals surface area contributed by atoms with Gasteiger partial charge >= 0.3 is 0 Å². The number of methoxy groups -OCH3 is 1. The summed E-state index contributed by atoms with van der Waals surface area (Å²) in [6, 6.07) is 0.0608. The summed E-state index contributed by atoms with van der Waals surface area (Å²) >= 11 is 0. The van der Waals surface area contributed by atoms with E-state index in [0.29, 0.717) is 26.1 Å². The fourth-order valence-electron chi connectivity index (χ4n) is 2.88. The molecule has 0 unspecified atom stereocenters. The average molecular weight is 351 g/mol. The van der Waals surface area contributed by atoms with Gasteiger partial charge in [-0.05, 0) is 18.3 Å². The Kier molecular flexibility index (Phi) is 6.52. The Morgan fingerprint density at radius 1 is 1.40 bits per heavy atom. The van der Waals surface area contributed by atoms with Crippen molar-refractivity contribution in [1.29, 1.82) is 0 Å². The lowest BCUT2D eigenvalue weighted by Gasteiger charge is -2.34. The van der Waals surface area contributed by atoms with Gasteiger partial charge in [-0.2, -0.15) is 0 Å². The predicted molar refractivity (Wildman–Crippen MR) is 93.2 cm³/mol. The lowest BCUT2D eigenvalue weighted by Crippen LogP contribution is -2.42. The topological polar surface area (TPSA) is 89.4 Å². The number of hydrogen-bond donors (Lipinski definition) is 1. The molecule has 2 rings (SSSR count). The molecule has 0 bridgehead atoms. The van der Waals surface area contributed by atoms with Crippen LogP contribution in [0.4, 0.5) is 0 Å². The molecule has 0 saturated carbocycles. The summed E-state index contributed by atoms with van der Waals surface area (Å²) in [5.41, 5.74) is 0.263. The van der Waals surface area contributed by atoms with Crippen LogP contribution in [0.2, 0.25) is 0 Å². The van der Waals surface area contributed by atoms with Crippen LogP contribution in [0.1, 0.15) is 56.6 Å². The minimum absolute atomic E-state index is 0.0231. The molecule has 1 fully saturated rings. The molecule has 0 aromatic carbocycles. The van der Waals surface area contributed by atoms with Gasteiger partial charge in [0.25, 0.3) is 5.91 Å². The summed E-state index contributed by atoms with van der Waals surface area (Å²) in [5.74, 6) is -0.0883. The highest BCUT2D eigenvalue weighted by Gasteiger charge is 2.28. The molecule has 140 valence electrons. The fraction of sp³-hybridized carbons (Fsp3) is 0.765. The molecule has 8 heteroatoms. The monoisotopic (exact) mass is 351 g/mol. The van der Waals surface area contributed by atoms with Crippen LogP contribution < -0.4 is 5.32 Å². The maximum Gasteiger partial charge on any atom is 0.273 e. The van der Waals surface area contributed by atoms with Gasteiger partial charge in [0.1, 0.15) is 0 Å². The highest BCUT2D eigenvalue weighted by Crippen LogP contribution is 2.25. The third-order valence-electron chi connectivity index (χ3n) is 4.14. The number of likely N-dealkylation sites (tertiary alicyclic amines) is 1. The number of aromatic nitrogens is 3. The van der Waals surface area contributed by atoms with Gasteiger partial charge in [-0.15, -0.1) is 5.10 Å². The van der Waals surface area contributed by atoms with Crippen molar-refractivity contribution in [1.82, 2.24) is 25.2 Å². The Labute approximate surface area is 148 Å². The first-order valence-electron chi connectivity index (χ1n) is 8.77. The van der Waals surface area contributed by atoms with Gasteiger partial charge in [0.2, 0.25) is 5.91 Å². The quantitative estimate of drug-likeness (QED) is 0.779. The molecule has 1 atom stereocenters. The van der Waals surface area contributed by atoms with E-state index in [9.17, 15) is 9.59 Å². The molecule has 1 aromatic heterocycles. The summed E-state index contributed by atoms with van der Waals surface area (Å²) < 4.78 is 6.61. The average Bonchev–Trinajstić information content (AvgIpc) is 3.03. The largest absolute Gasteiger partial charge is 0.383 e. The number of amides is 2. The molecule has 1 aromatic rings. The number of nitrogens with one attached hydrogen (secondary N) is 1. The van der Waals surface area contributed by atoms with Crippen LogP contribution >= 0.6 is 0 Å². The molecule has 0 radical (unpaired) electrons. The Morgan fingerprint density at radius 2 is 2.16 bits per heavy atom. The smallest absolute Gasteiger partial charge is 0.273 e. The first-order valence-corrected chi connectivity index (χ1v) is 8.77. The van der Waals surface area contributed by atoms with E-state index in [2.05, 4.69) is 36.4 Å². The van der Waals surface area contributed by atoms with Crippen molar-refractivity contribution in [3.8, 4) is 0 Å². The zero-order valence-corrected chi connectivity index (χ0v) is 15.6. The minimum Gasteiger partial charge on any atom is -0.383 e. The summed E-state index contributed by atoms with van der Waals surface area (Å²) in [7, 11) is 1.58. The van der Waals surface area contributed by atoms with Crippen molar-refractivity contribution in [2.24, 2.45) is 5.41 Å². The number of carbonyl (C=O) groups excluding carboxylic acids is 2. The molecule has 0 spiro atoms. The van der Waals surface area contributed by atoms with Crippen LogP contribution in [0.25, 0.3) is 0 Å². The zero-order valence-electron chi connectivity index (χ0n) is 15.6. The third-order valence-corrected chi connectivity index (χ3v) is 4.14. The maximum absolute atomic E-state index is 12.5. The van der Waals surface area contributed by atoms with Crippen LogP contribution in [0.15, 0.2) is 6.20 Å². The number of carbonyl (C=O) groups is 2. The molecule has 1 aliphatic heterocycles. The second-order valence-electron chi connectivity index (χ2n) is 7.71. The number of ether oxygens (including phenoxy) is 1. The number of hydrogen-bond acceptors (Lipinski definition) is 5. The Bertz CT molecular complexity index is 593. The van der Waals surface area contributed by atoms with Gasteiger partial charge in [0, 0.05) is 33.2 Å². The Balaban J connectivity index is 1.95. The zero-order chi connectivity index (χ0) is 18.4. The van der Waals surface area contributed by atoms with Crippen molar-refractivity contribution in [3.63, 3.8) is 0 Å². The lowest BCUT2D eigenvalue weighted by molar-refractivity contribution is -0.134. The standard InChI is InChI=1S/C17H29N5O3/c1-17(2,3)10-15(23)21-8-5-6-13(11-21)22-12-14(19-20-22)16(24)18-7-9-25-4/h12-13H,5-11H2,1-4H3,(H,18,24)/t13-/m1/s1. The van der Waals surface area contributed by atoms with Crippen molar-refractivity contribution in [2.75, 3.05) is 33.4 Å². The molecule has 2 heterocycles. The predicted octanol–water partition coefficient (Wildman–Crippen LogP) is 1.25. The van der Waals surface area contributed by atoms with E-state index in [1.54, 1.807) is 18.0 Å². The van der Waals surface area contributed by atoms with E-state index >= 15 is 0 Å². The van der Waals surface area contributed by atoms with E-state index in [1.807, 2.05) is 4.90 Å². The number of nitrogens with zero attached hydrogens (tertiary/aromatic N) is 4. The first-order chi connectivity index (χ1) is 11.8. The normalized spacial score (nSPS) is 18.2. The maximum atomic E-state index is 12.5. The molecule has 1 saturated heterocycles. The van der Waals surface area contributed by atoms with Crippen LogP contribution in [0, 0.1) is 5.41 Å². The summed E-state index contributed by atoms with van der Waals surface area (Å²) in [6.45, 7) is 8.48. The van der Waals surface area contributed by atoms with Gasteiger partial charge in [0.05, 0.1) is 18.8 Å². The van der Waals surface area contributed by atoms with Gasteiger partial charge in [-0.25, -0.2) is 4.68 Å². The van der Waals surface area contributed by atoms with E-state index in [1.165, 1.54) is 0 Å². The van der Waals surface area contributed by atoms with Gasteiger partial charge in [0.15, 0.2) is 5.69 Å². The molecule has 2 amide bonds. The molecule has 1 aliphatic rings. The highest BCUT2D eigenvalue weighted by molar-refractivity contribution is 5.91. The van der Waals surface area contributed by atoms with Crippen LogP contribution in [0.3, 0.4) is 0 Å². The molecule has 8 nitrogen and oxygen atoms in total. The molecule has 25 heavy (non-hydrogen) atoms. The van der Waals surface area contributed by atoms with Gasteiger partial charge < -0.3 is 15.0 Å². The van der Waals surface area contributed by atoms with Crippen molar-refractivity contribution < 1.29 is 14.3 Å². The van der Waals surface area contributed by atoms with E-state index in [4.69, 9.17) is 4.74 Å². The SMILES string of the molecule is COCCNC(=O)c1cn([C@@H]2CCCN(C(=O)CC(C)(C)C)C2)nn1. The summed E-state index contributed by atoms with van der Waals surface area (Å²) in [6.07, 6.45) is 4.04. The lowest BCUT2D eigenvalue weighted by atomic mass is 9.91. The van der Waals surface area contributed by atoms with Crippen molar-refractivity contribution in [3.05, 3.63) is 11.9 Å². The minimum atomic E-state index is -0.264. The first kappa shape index (κ1) is 19.4. The van der Waals surface area contributed by atoms with Gasteiger partial charge in [-0.3, -0.25) is 9.59 Å². The molecule has 0 aliphatic carbocycles. The molecular formula is C17H29N5O3.